The molecule has 0 aromatic heterocycles. The third kappa shape index (κ3) is 6.03. The third-order valence-corrected chi connectivity index (χ3v) is 5.25. The number of carbonyl (C=O) groups is 4. The molecule has 1 saturated heterocycles. The highest BCUT2D eigenvalue weighted by Gasteiger charge is 2.46. The average molecular weight is 431 g/mol. The summed E-state index contributed by atoms with van der Waals surface area (Å²) in [7, 11) is 0. The Morgan fingerprint density at radius 2 is 1.97 bits per heavy atom. The summed E-state index contributed by atoms with van der Waals surface area (Å²) < 4.78 is 0. The molecule has 0 radical (unpaired) electrons. The molecule has 168 valence electrons. The van der Waals surface area contributed by atoms with Crippen molar-refractivity contribution in [3.8, 4) is 0 Å². The second kappa shape index (κ2) is 10.6. The van der Waals surface area contributed by atoms with Crippen LogP contribution < -0.4 is 22.1 Å². The van der Waals surface area contributed by atoms with Crippen molar-refractivity contribution < 1.29 is 19.2 Å². The van der Waals surface area contributed by atoms with Gasteiger partial charge in [0.15, 0.2) is 5.96 Å². The SMILES string of the molecule is CC(=O)N[C@@](C)(C(=O)N1CC[C@H]1C(=O)N[C@H](C=O)CCCN=C(N)N)c1ccccc1. The Hall–Kier alpha value is -3.43. The van der Waals surface area contributed by atoms with E-state index in [-0.39, 0.29) is 17.8 Å². The van der Waals surface area contributed by atoms with Gasteiger partial charge in [0.2, 0.25) is 11.8 Å². The van der Waals surface area contributed by atoms with Crippen LogP contribution in [-0.4, -0.2) is 60.0 Å². The Morgan fingerprint density at radius 3 is 2.48 bits per heavy atom. The number of likely N-dealkylation sites (tertiary alicyclic amines) is 1. The van der Waals surface area contributed by atoms with Crippen molar-refractivity contribution in [1.82, 2.24) is 15.5 Å². The molecule has 31 heavy (non-hydrogen) atoms. The Bertz CT molecular complexity index is 840. The summed E-state index contributed by atoms with van der Waals surface area (Å²) in [4.78, 5) is 54.5. The highest BCUT2D eigenvalue weighted by molar-refractivity contribution is 5.96. The zero-order chi connectivity index (χ0) is 23.0. The lowest BCUT2D eigenvalue weighted by atomic mass is 9.87. The molecular formula is C21H30N6O4. The number of carbonyl (C=O) groups excluding carboxylic acids is 4. The van der Waals surface area contributed by atoms with Crippen LogP contribution in [0.1, 0.15) is 38.7 Å². The number of nitrogens with one attached hydrogen (secondary N) is 2. The minimum absolute atomic E-state index is 0.0315. The molecule has 10 heteroatoms. The fourth-order valence-electron chi connectivity index (χ4n) is 3.54. The van der Waals surface area contributed by atoms with Gasteiger partial charge in [0, 0.05) is 20.0 Å². The summed E-state index contributed by atoms with van der Waals surface area (Å²) in [5.41, 5.74) is 9.84. The van der Waals surface area contributed by atoms with Crippen LogP contribution in [0.5, 0.6) is 0 Å². The zero-order valence-corrected chi connectivity index (χ0v) is 17.8. The molecule has 1 aliphatic rings. The van der Waals surface area contributed by atoms with E-state index in [1.807, 2.05) is 6.07 Å². The van der Waals surface area contributed by atoms with E-state index in [2.05, 4.69) is 15.6 Å². The maximum Gasteiger partial charge on any atom is 0.253 e. The van der Waals surface area contributed by atoms with Crippen molar-refractivity contribution in [2.24, 2.45) is 16.5 Å². The normalized spacial score (nSPS) is 18.0. The zero-order valence-electron chi connectivity index (χ0n) is 17.8. The summed E-state index contributed by atoms with van der Waals surface area (Å²) in [6, 6.07) is 7.47. The van der Waals surface area contributed by atoms with Crippen molar-refractivity contribution in [3.05, 3.63) is 35.9 Å². The van der Waals surface area contributed by atoms with Crippen LogP contribution in [0.15, 0.2) is 35.3 Å². The fourth-order valence-corrected chi connectivity index (χ4v) is 3.54. The first-order valence-electron chi connectivity index (χ1n) is 10.2. The summed E-state index contributed by atoms with van der Waals surface area (Å²) in [5.74, 6) is -1.17. The molecule has 1 aliphatic heterocycles. The van der Waals surface area contributed by atoms with Gasteiger partial charge >= 0.3 is 0 Å². The van der Waals surface area contributed by atoms with Crippen molar-refractivity contribution in [2.75, 3.05) is 13.1 Å². The Morgan fingerprint density at radius 1 is 1.29 bits per heavy atom. The lowest BCUT2D eigenvalue weighted by Gasteiger charge is -2.45. The molecule has 1 heterocycles. The van der Waals surface area contributed by atoms with Crippen LogP contribution >= 0.6 is 0 Å². The van der Waals surface area contributed by atoms with E-state index >= 15 is 0 Å². The number of hydrogen-bond donors (Lipinski definition) is 4. The fraction of sp³-hybridized carbons (Fsp3) is 0.476. The number of nitrogens with zero attached hydrogens (tertiary/aromatic N) is 2. The molecule has 0 aliphatic carbocycles. The van der Waals surface area contributed by atoms with Crippen molar-refractivity contribution in [1.29, 1.82) is 0 Å². The maximum atomic E-state index is 13.4. The van der Waals surface area contributed by atoms with Gasteiger partial charge in [0.05, 0.1) is 6.04 Å². The van der Waals surface area contributed by atoms with E-state index in [1.165, 1.54) is 11.8 Å². The van der Waals surface area contributed by atoms with Crippen LogP contribution in [0, 0.1) is 0 Å². The predicted octanol–water partition coefficient (Wildman–Crippen LogP) is -0.624. The number of aliphatic imine (C=N–C) groups is 1. The first-order valence-corrected chi connectivity index (χ1v) is 10.2. The number of aldehydes is 1. The Kier molecular flexibility index (Phi) is 8.12. The third-order valence-electron chi connectivity index (χ3n) is 5.25. The van der Waals surface area contributed by atoms with Gasteiger partial charge in [-0.1, -0.05) is 30.3 Å². The second-order valence-electron chi connectivity index (χ2n) is 7.68. The molecule has 1 aromatic rings. The van der Waals surface area contributed by atoms with E-state index in [4.69, 9.17) is 11.5 Å². The predicted molar refractivity (Wildman–Crippen MR) is 116 cm³/mol. The van der Waals surface area contributed by atoms with Crippen molar-refractivity contribution in [3.63, 3.8) is 0 Å². The van der Waals surface area contributed by atoms with Crippen molar-refractivity contribution in [2.45, 2.75) is 50.7 Å². The Labute approximate surface area is 181 Å². The lowest BCUT2D eigenvalue weighted by Crippen LogP contribution is -2.65. The number of nitrogens with two attached hydrogens (primary N) is 2. The topological polar surface area (TPSA) is 160 Å². The van der Waals surface area contributed by atoms with Crippen LogP contribution in [-0.2, 0) is 24.7 Å². The van der Waals surface area contributed by atoms with Gasteiger partial charge in [-0.25, -0.2) is 0 Å². The van der Waals surface area contributed by atoms with Gasteiger partial charge in [-0.2, -0.15) is 0 Å². The summed E-state index contributed by atoms with van der Waals surface area (Å²) in [6.07, 6.45) is 2.02. The van der Waals surface area contributed by atoms with E-state index < -0.39 is 23.5 Å². The number of amides is 3. The smallest absolute Gasteiger partial charge is 0.253 e. The molecule has 0 unspecified atom stereocenters. The van der Waals surface area contributed by atoms with Crippen LogP contribution in [0.2, 0.25) is 0 Å². The van der Waals surface area contributed by atoms with Crippen LogP contribution in [0.25, 0.3) is 0 Å². The van der Waals surface area contributed by atoms with Gasteiger partial charge in [0.1, 0.15) is 17.9 Å². The van der Waals surface area contributed by atoms with Crippen LogP contribution in [0.3, 0.4) is 0 Å². The molecule has 0 saturated carbocycles. The lowest BCUT2D eigenvalue weighted by molar-refractivity contribution is -0.154. The number of rotatable bonds is 10. The average Bonchev–Trinajstić information content (AvgIpc) is 2.69. The van der Waals surface area contributed by atoms with E-state index in [1.54, 1.807) is 31.2 Å². The molecule has 2 rings (SSSR count). The van der Waals surface area contributed by atoms with Gasteiger partial charge in [-0.05, 0) is 31.7 Å². The molecule has 6 N–H and O–H groups in total. The molecule has 3 atom stereocenters. The molecule has 0 spiro atoms. The van der Waals surface area contributed by atoms with Gasteiger partial charge in [0.25, 0.3) is 5.91 Å². The first kappa shape index (κ1) is 23.8. The molecular weight excluding hydrogens is 400 g/mol. The molecule has 3 amide bonds. The standard InChI is InChI=1S/C21H30N6O4/c1-14(29)26-21(2,15-7-4-3-5-8-15)19(31)27-12-10-17(27)18(30)25-16(13-28)9-6-11-24-20(22)23/h3-5,7-8,13,16-17H,6,9-12H2,1-2H3,(H,25,30)(H,26,29)(H4,22,23,24)/t16-,17-,21+/m0/s1. The highest BCUT2D eigenvalue weighted by Crippen LogP contribution is 2.29. The highest BCUT2D eigenvalue weighted by atomic mass is 16.2. The summed E-state index contributed by atoms with van der Waals surface area (Å²) in [5, 5.41) is 5.40. The van der Waals surface area contributed by atoms with E-state index in [0.717, 1.165) is 0 Å². The first-order chi connectivity index (χ1) is 14.7. The van der Waals surface area contributed by atoms with Gasteiger partial charge in [-0.15, -0.1) is 0 Å². The number of hydrogen-bond acceptors (Lipinski definition) is 5. The number of guanidine groups is 1. The number of benzene rings is 1. The molecule has 0 bridgehead atoms. The summed E-state index contributed by atoms with van der Waals surface area (Å²) >= 11 is 0. The van der Waals surface area contributed by atoms with Crippen molar-refractivity contribution >= 4 is 30.0 Å². The largest absolute Gasteiger partial charge is 0.370 e. The van der Waals surface area contributed by atoms with E-state index in [0.29, 0.717) is 44.2 Å². The second-order valence-corrected chi connectivity index (χ2v) is 7.68. The summed E-state index contributed by atoms with van der Waals surface area (Å²) in [6.45, 7) is 3.70. The van der Waals surface area contributed by atoms with Crippen LogP contribution in [0.4, 0.5) is 0 Å². The minimum atomic E-state index is -1.31. The quantitative estimate of drug-likeness (QED) is 0.167. The van der Waals surface area contributed by atoms with E-state index in [9.17, 15) is 19.2 Å². The maximum absolute atomic E-state index is 13.4. The monoisotopic (exact) mass is 430 g/mol. The molecule has 10 nitrogen and oxygen atoms in total. The Balaban J connectivity index is 2.07. The molecule has 1 fully saturated rings. The minimum Gasteiger partial charge on any atom is -0.370 e. The molecule has 1 aromatic carbocycles. The van der Waals surface area contributed by atoms with Gasteiger partial charge < -0.3 is 31.8 Å². The van der Waals surface area contributed by atoms with Gasteiger partial charge in [-0.3, -0.25) is 19.4 Å².